The number of hydrogen-bond donors (Lipinski definition) is 1. The predicted octanol–water partition coefficient (Wildman–Crippen LogP) is 2.85. The van der Waals surface area contributed by atoms with E-state index in [0.29, 0.717) is 4.90 Å². The number of phenolic OH excluding ortho intramolecular Hbond substituents is 1. The summed E-state index contributed by atoms with van der Waals surface area (Å²) >= 11 is 1.33. The third-order valence-corrected chi connectivity index (χ3v) is 2.94. The van der Waals surface area contributed by atoms with Crippen LogP contribution in [0.4, 0.5) is 5.69 Å². The van der Waals surface area contributed by atoms with Gasteiger partial charge >= 0.3 is 5.69 Å². The number of benzene rings is 1. The molecule has 0 unspecified atom stereocenters. The van der Waals surface area contributed by atoms with Crippen LogP contribution in [0.25, 0.3) is 0 Å². The van der Waals surface area contributed by atoms with Gasteiger partial charge in [-0.2, -0.15) is 0 Å². The maximum Gasteiger partial charge on any atom is 0.310 e. The van der Waals surface area contributed by atoms with Crippen LogP contribution >= 0.6 is 11.8 Å². The number of phenols is 1. The molecule has 2 aromatic rings. The molecule has 0 aliphatic rings. The lowest BCUT2D eigenvalue weighted by Gasteiger charge is -2.01. The van der Waals surface area contributed by atoms with Crippen LogP contribution in [0, 0.1) is 10.1 Å². The zero-order chi connectivity index (χ0) is 12.3. The minimum atomic E-state index is -0.620. The second-order valence-corrected chi connectivity index (χ2v) is 4.27. The quantitative estimate of drug-likeness (QED) is 0.667. The Morgan fingerprint density at radius 2 is 2.12 bits per heavy atom. The van der Waals surface area contributed by atoms with Gasteiger partial charge in [-0.3, -0.25) is 10.1 Å². The van der Waals surface area contributed by atoms with Crippen molar-refractivity contribution < 1.29 is 10.0 Å². The Morgan fingerprint density at radius 3 is 2.71 bits per heavy atom. The van der Waals surface area contributed by atoms with E-state index in [1.807, 2.05) is 12.1 Å². The molecule has 0 spiro atoms. The number of nitro groups is 1. The highest BCUT2D eigenvalue weighted by Crippen LogP contribution is 2.33. The Hall–Kier alpha value is -2.08. The first kappa shape index (κ1) is 11.4. The standard InChI is InChI=1S/C11H8N2O3S/c14-10-7-8(4-5-9(10)13(15)16)17-11-3-1-2-6-12-11/h1-7,14H. The highest BCUT2D eigenvalue weighted by molar-refractivity contribution is 7.99. The van der Waals surface area contributed by atoms with Crippen LogP contribution in [0.15, 0.2) is 52.5 Å². The van der Waals surface area contributed by atoms with Gasteiger partial charge in [0, 0.05) is 23.2 Å². The molecule has 86 valence electrons. The van der Waals surface area contributed by atoms with Gasteiger partial charge in [-0.05, 0) is 18.2 Å². The number of rotatable bonds is 3. The van der Waals surface area contributed by atoms with Crippen LogP contribution in [-0.4, -0.2) is 15.0 Å². The molecule has 0 fully saturated rings. The summed E-state index contributed by atoms with van der Waals surface area (Å²) in [7, 11) is 0. The van der Waals surface area contributed by atoms with Crippen molar-refractivity contribution in [3.05, 3.63) is 52.7 Å². The topological polar surface area (TPSA) is 76.3 Å². The van der Waals surface area contributed by atoms with E-state index in [4.69, 9.17) is 0 Å². The average molecular weight is 248 g/mol. The van der Waals surface area contributed by atoms with E-state index in [1.165, 1.54) is 23.9 Å². The normalized spacial score (nSPS) is 10.1. The molecule has 0 radical (unpaired) electrons. The molecular formula is C11H8N2O3S. The molecule has 17 heavy (non-hydrogen) atoms. The monoisotopic (exact) mass is 248 g/mol. The molecule has 0 bridgehead atoms. The molecule has 1 aromatic heterocycles. The Kier molecular flexibility index (Phi) is 3.24. The molecule has 2 rings (SSSR count). The van der Waals surface area contributed by atoms with Gasteiger partial charge in [0.05, 0.1) is 4.92 Å². The zero-order valence-corrected chi connectivity index (χ0v) is 9.42. The fourth-order valence-corrected chi connectivity index (χ4v) is 2.06. The Balaban J connectivity index is 2.24. The van der Waals surface area contributed by atoms with Crippen molar-refractivity contribution in [1.82, 2.24) is 4.98 Å². The molecule has 0 saturated carbocycles. The van der Waals surface area contributed by atoms with Crippen LogP contribution in [-0.2, 0) is 0 Å². The van der Waals surface area contributed by atoms with Crippen molar-refractivity contribution in [2.24, 2.45) is 0 Å². The molecule has 0 amide bonds. The maximum absolute atomic E-state index is 10.5. The van der Waals surface area contributed by atoms with Gasteiger partial charge in [-0.1, -0.05) is 17.8 Å². The van der Waals surface area contributed by atoms with E-state index in [0.717, 1.165) is 5.03 Å². The van der Waals surface area contributed by atoms with Crippen molar-refractivity contribution in [2.75, 3.05) is 0 Å². The molecule has 1 aromatic carbocycles. The molecule has 0 aliphatic carbocycles. The fraction of sp³-hybridized carbons (Fsp3) is 0. The van der Waals surface area contributed by atoms with Gasteiger partial charge in [0.25, 0.3) is 0 Å². The number of aromatic hydroxyl groups is 1. The van der Waals surface area contributed by atoms with Crippen molar-refractivity contribution in [3.63, 3.8) is 0 Å². The molecule has 0 atom stereocenters. The van der Waals surface area contributed by atoms with E-state index >= 15 is 0 Å². The van der Waals surface area contributed by atoms with Crippen LogP contribution in [0.1, 0.15) is 0 Å². The van der Waals surface area contributed by atoms with Crippen LogP contribution < -0.4 is 0 Å². The second-order valence-electron chi connectivity index (χ2n) is 3.18. The second kappa shape index (κ2) is 4.84. The lowest BCUT2D eigenvalue weighted by molar-refractivity contribution is -0.385. The van der Waals surface area contributed by atoms with Crippen molar-refractivity contribution >= 4 is 17.4 Å². The van der Waals surface area contributed by atoms with Crippen molar-refractivity contribution in [1.29, 1.82) is 0 Å². The van der Waals surface area contributed by atoms with Crippen molar-refractivity contribution in [3.8, 4) is 5.75 Å². The van der Waals surface area contributed by atoms with Gasteiger partial charge in [0.1, 0.15) is 5.03 Å². The minimum Gasteiger partial charge on any atom is -0.502 e. The summed E-state index contributed by atoms with van der Waals surface area (Å²) in [6.45, 7) is 0. The largest absolute Gasteiger partial charge is 0.502 e. The summed E-state index contributed by atoms with van der Waals surface area (Å²) in [5.41, 5.74) is -0.296. The first-order valence-corrected chi connectivity index (χ1v) is 5.55. The first-order chi connectivity index (χ1) is 8.16. The lowest BCUT2D eigenvalue weighted by Crippen LogP contribution is -1.88. The summed E-state index contributed by atoms with van der Waals surface area (Å²) < 4.78 is 0. The summed E-state index contributed by atoms with van der Waals surface area (Å²) in [5, 5.41) is 20.7. The highest BCUT2D eigenvalue weighted by Gasteiger charge is 2.13. The predicted molar refractivity (Wildman–Crippen MR) is 63.1 cm³/mol. The number of nitro benzene ring substituents is 1. The Labute approximate surface area is 101 Å². The first-order valence-electron chi connectivity index (χ1n) is 4.73. The molecule has 6 heteroatoms. The molecule has 5 nitrogen and oxygen atoms in total. The molecule has 0 aliphatic heterocycles. The van der Waals surface area contributed by atoms with Gasteiger partial charge in [0.2, 0.25) is 0 Å². The average Bonchev–Trinajstić information content (AvgIpc) is 2.30. The van der Waals surface area contributed by atoms with Gasteiger partial charge in [-0.25, -0.2) is 4.98 Å². The Bertz CT molecular complexity index is 546. The third kappa shape index (κ3) is 2.73. The zero-order valence-electron chi connectivity index (χ0n) is 8.61. The van der Waals surface area contributed by atoms with E-state index in [1.54, 1.807) is 18.3 Å². The highest BCUT2D eigenvalue weighted by atomic mass is 32.2. The molecule has 1 N–H and O–H groups in total. The fourth-order valence-electron chi connectivity index (χ4n) is 1.25. The van der Waals surface area contributed by atoms with Gasteiger partial charge < -0.3 is 5.11 Å². The minimum absolute atomic E-state index is 0.296. The van der Waals surface area contributed by atoms with E-state index in [-0.39, 0.29) is 11.4 Å². The smallest absolute Gasteiger partial charge is 0.310 e. The number of hydrogen-bond acceptors (Lipinski definition) is 5. The van der Waals surface area contributed by atoms with Crippen LogP contribution in [0.3, 0.4) is 0 Å². The molecule has 1 heterocycles. The maximum atomic E-state index is 10.5. The lowest BCUT2D eigenvalue weighted by atomic mass is 10.3. The number of aromatic nitrogens is 1. The van der Waals surface area contributed by atoms with Crippen LogP contribution in [0.2, 0.25) is 0 Å². The van der Waals surface area contributed by atoms with Crippen LogP contribution in [0.5, 0.6) is 5.75 Å². The van der Waals surface area contributed by atoms with Crippen molar-refractivity contribution in [2.45, 2.75) is 9.92 Å². The number of nitrogens with zero attached hydrogens (tertiary/aromatic N) is 2. The number of pyridine rings is 1. The Morgan fingerprint density at radius 1 is 1.29 bits per heavy atom. The van der Waals surface area contributed by atoms with E-state index < -0.39 is 4.92 Å². The van der Waals surface area contributed by atoms with Gasteiger partial charge in [0.15, 0.2) is 5.75 Å². The molecule has 0 saturated heterocycles. The van der Waals surface area contributed by atoms with E-state index in [9.17, 15) is 15.2 Å². The van der Waals surface area contributed by atoms with Gasteiger partial charge in [-0.15, -0.1) is 0 Å². The summed E-state index contributed by atoms with van der Waals surface area (Å²) in [4.78, 5) is 14.7. The summed E-state index contributed by atoms with van der Waals surface area (Å²) in [6, 6.07) is 9.69. The summed E-state index contributed by atoms with van der Waals surface area (Å²) in [6.07, 6.45) is 1.66. The summed E-state index contributed by atoms with van der Waals surface area (Å²) in [5.74, 6) is -0.337. The molecular weight excluding hydrogens is 240 g/mol. The van der Waals surface area contributed by atoms with E-state index in [2.05, 4.69) is 4.98 Å². The SMILES string of the molecule is O=[N+]([O-])c1ccc(Sc2ccccn2)cc1O. The third-order valence-electron chi connectivity index (χ3n) is 2.00.